The molecule has 2 aromatic carbocycles. The molecule has 0 saturated heterocycles. The van der Waals surface area contributed by atoms with Gasteiger partial charge in [-0.1, -0.05) is 23.2 Å². The third-order valence-corrected chi connectivity index (χ3v) is 4.41. The molecule has 2 aromatic rings. The van der Waals surface area contributed by atoms with E-state index in [1.165, 1.54) is 0 Å². The molecule has 0 N–H and O–H groups in total. The van der Waals surface area contributed by atoms with Gasteiger partial charge >= 0.3 is 0 Å². The van der Waals surface area contributed by atoms with Crippen LogP contribution in [-0.4, -0.2) is 37.9 Å². The fraction of sp³-hybridized carbons (Fsp3) is 0.417. The summed E-state index contributed by atoms with van der Waals surface area (Å²) in [4.78, 5) is 0. The molecule has 0 saturated carbocycles. The number of hydrogen-bond acceptors (Lipinski definition) is 6. The summed E-state index contributed by atoms with van der Waals surface area (Å²) in [6.45, 7) is 12.5. The van der Waals surface area contributed by atoms with Gasteiger partial charge in [0.25, 0.3) is 0 Å². The van der Waals surface area contributed by atoms with E-state index in [2.05, 4.69) is 10.2 Å². The monoisotopic (exact) mass is 480 g/mol. The van der Waals surface area contributed by atoms with Gasteiger partial charge in [-0.2, -0.15) is 10.2 Å². The van der Waals surface area contributed by atoms with Crippen LogP contribution in [0.25, 0.3) is 0 Å². The highest BCUT2D eigenvalue weighted by atomic mass is 35.5. The standard InChI is InChI=1S/C24H30Cl2N2O4/c1-7-29-21-11-17(9-19(25)23(21)31-15(3)4)13-27-28-14-18-10-20(26)24(32-16(5)6)22(12-18)30-8-2/h9-16H,7-8H2,1-6H3/b27-13-,28-14-. The minimum Gasteiger partial charge on any atom is -0.490 e. The highest BCUT2D eigenvalue weighted by Crippen LogP contribution is 2.38. The number of ether oxygens (including phenoxy) is 4. The molecule has 0 unspecified atom stereocenters. The van der Waals surface area contributed by atoms with Crippen LogP contribution in [0.5, 0.6) is 23.0 Å². The van der Waals surface area contributed by atoms with Crippen LogP contribution in [0.3, 0.4) is 0 Å². The van der Waals surface area contributed by atoms with E-state index in [9.17, 15) is 0 Å². The summed E-state index contributed by atoms with van der Waals surface area (Å²) in [6.07, 6.45) is 3.12. The van der Waals surface area contributed by atoms with Crippen LogP contribution < -0.4 is 18.9 Å². The summed E-state index contributed by atoms with van der Waals surface area (Å²) in [7, 11) is 0. The highest BCUT2D eigenvalue weighted by molar-refractivity contribution is 6.33. The van der Waals surface area contributed by atoms with Crippen molar-refractivity contribution in [3.63, 3.8) is 0 Å². The predicted octanol–water partition coefficient (Wildman–Crippen LogP) is 6.82. The van der Waals surface area contributed by atoms with Crippen molar-refractivity contribution >= 4 is 35.6 Å². The van der Waals surface area contributed by atoms with Gasteiger partial charge in [-0.05, 0) is 65.8 Å². The molecule has 0 fully saturated rings. The zero-order chi connectivity index (χ0) is 23.7. The largest absolute Gasteiger partial charge is 0.490 e. The highest BCUT2D eigenvalue weighted by Gasteiger charge is 2.14. The Morgan fingerprint density at radius 2 is 1.09 bits per heavy atom. The molecular weight excluding hydrogens is 451 g/mol. The van der Waals surface area contributed by atoms with Gasteiger partial charge in [-0.3, -0.25) is 0 Å². The van der Waals surface area contributed by atoms with Crippen LogP contribution >= 0.6 is 23.2 Å². The number of nitrogens with zero attached hydrogens (tertiary/aromatic N) is 2. The maximum absolute atomic E-state index is 6.39. The number of halogens is 2. The van der Waals surface area contributed by atoms with E-state index in [1.54, 1.807) is 24.6 Å². The van der Waals surface area contributed by atoms with E-state index in [4.69, 9.17) is 42.1 Å². The maximum atomic E-state index is 6.39. The molecule has 0 aliphatic carbocycles. The van der Waals surface area contributed by atoms with Crippen LogP contribution in [0.4, 0.5) is 0 Å². The lowest BCUT2D eigenvalue weighted by atomic mass is 10.2. The summed E-state index contributed by atoms with van der Waals surface area (Å²) in [6, 6.07) is 7.13. The van der Waals surface area contributed by atoms with E-state index >= 15 is 0 Å². The van der Waals surface area contributed by atoms with Crippen molar-refractivity contribution in [3.05, 3.63) is 45.4 Å². The van der Waals surface area contributed by atoms with E-state index in [0.29, 0.717) is 46.3 Å². The van der Waals surface area contributed by atoms with Gasteiger partial charge in [-0.25, -0.2) is 0 Å². The molecule has 2 rings (SSSR count). The van der Waals surface area contributed by atoms with Crippen LogP contribution in [0.2, 0.25) is 10.0 Å². The van der Waals surface area contributed by atoms with E-state index in [1.807, 2.05) is 53.7 Å². The molecule has 8 heteroatoms. The zero-order valence-electron chi connectivity index (χ0n) is 19.3. The molecule has 0 bridgehead atoms. The molecule has 6 nitrogen and oxygen atoms in total. The van der Waals surface area contributed by atoms with Gasteiger partial charge in [-0.15, -0.1) is 0 Å². The van der Waals surface area contributed by atoms with Gasteiger partial charge in [0.05, 0.1) is 47.9 Å². The third kappa shape index (κ3) is 7.61. The molecule has 0 radical (unpaired) electrons. The smallest absolute Gasteiger partial charge is 0.180 e. The molecule has 0 heterocycles. The van der Waals surface area contributed by atoms with Crippen LogP contribution in [0.15, 0.2) is 34.5 Å². The van der Waals surface area contributed by atoms with Crippen LogP contribution in [0, 0.1) is 0 Å². The SMILES string of the molecule is CCOc1cc(/C=N\N=C/c2cc(Cl)c(OC(C)C)c(OCC)c2)cc(Cl)c1OC(C)C. The number of rotatable bonds is 11. The van der Waals surface area contributed by atoms with E-state index in [0.717, 1.165) is 11.1 Å². The first-order valence-electron chi connectivity index (χ1n) is 10.6. The molecule has 0 spiro atoms. The van der Waals surface area contributed by atoms with Crippen molar-refractivity contribution in [1.29, 1.82) is 0 Å². The van der Waals surface area contributed by atoms with Crippen molar-refractivity contribution < 1.29 is 18.9 Å². The summed E-state index contributed by atoms with van der Waals surface area (Å²) < 4.78 is 22.9. The Balaban J connectivity index is 2.24. The summed E-state index contributed by atoms with van der Waals surface area (Å²) in [5.74, 6) is 2.16. The zero-order valence-corrected chi connectivity index (χ0v) is 20.8. The summed E-state index contributed by atoms with van der Waals surface area (Å²) >= 11 is 12.8. The lowest BCUT2D eigenvalue weighted by molar-refractivity contribution is 0.224. The van der Waals surface area contributed by atoms with Crippen molar-refractivity contribution in [2.75, 3.05) is 13.2 Å². The molecule has 0 atom stereocenters. The van der Waals surface area contributed by atoms with Crippen molar-refractivity contribution in [2.45, 2.75) is 53.8 Å². The second-order valence-corrected chi connectivity index (χ2v) is 8.16. The second-order valence-electron chi connectivity index (χ2n) is 7.35. The first kappa shape index (κ1) is 25.8. The molecule has 0 aliphatic rings. The van der Waals surface area contributed by atoms with E-state index < -0.39 is 0 Å². The lowest BCUT2D eigenvalue weighted by Gasteiger charge is -2.16. The lowest BCUT2D eigenvalue weighted by Crippen LogP contribution is -2.08. The van der Waals surface area contributed by atoms with Gasteiger partial charge in [0, 0.05) is 11.1 Å². The molecular formula is C24H30Cl2N2O4. The topological polar surface area (TPSA) is 61.6 Å². The number of hydrogen-bond donors (Lipinski definition) is 0. The second kappa shape index (κ2) is 12.6. The quantitative estimate of drug-likeness (QED) is 0.261. The van der Waals surface area contributed by atoms with Crippen molar-refractivity contribution in [1.82, 2.24) is 0 Å². The Morgan fingerprint density at radius 1 is 0.719 bits per heavy atom. The van der Waals surface area contributed by atoms with Gasteiger partial charge < -0.3 is 18.9 Å². The Kier molecular flexibility index (Phi) is 10.1. The molecule has 32 heavy (non-hydrogen) atoms. The predicted molar refractivity (Wildman–Crippen MR) is 132 cm³/mol. The molecule has 0 amide bonds. The molecule has 0 aromatic heterocycles. The Morgan fingerprint density at radius 3 is 1.41 bits per heavy atom. The Labute approximate surface area is 200 Å². The number of benzene rings is 2. The third-order valence-electron chi connectivity index (χ3n) is 3.85. The average Bonchev–Trinajstić information content (AvgIpc) is 2.70. The van der Waals surface area contributed by atoms with Gasteiger partial charge in [0.2, 0.25) is 0 Å². The van der Waals surface area contributed by atoms with Crippen molar-refractivity contribution in [2.24, 2.45) is 10.2 Å². The molecule has 0 aliphatic heterocycles. The van der Waals surface area contributed by atoms with Crippen LogP contribution in [-0.2, 0) is 0 Å². The first-order valence-corrected chi connectivity index (χ1v) is 11.3. The minimum atomic E-state index is -0.0263. The minimum absolute atomic E-state index is 0.0263. The van der Waals surface area contributed by atoms with Gasteiger partial charge in [0.15, 0.2) is 23.0 Å². The summed E-state index contributed by atoms with van der Waals surface area (Å²) in [5, 5.41) is 9.14. The normalized spacial score (nSPS) is 11.7. The Bertz CT molecular complexity index is 882. The summed E-state index contributed by atoms with van der Waals surface area (Å²) in [5.41, 5.74) is 1.47. The average molecular weight is 481 g/mol. The van der Waals surface area contributed by atoms with Gasteiger partial charge in [0.1, 0.15) is 0 Å². The Hall–Kier alpha value is -2.44. The fourth-order valence-corrected chi connectivity index (χ4v) is 3.28. The molecule has 174 valence electrons. The van der Waals surface area contributed by atoms with E-state index in [-0.39, 0.29) is 12.2 Å². The van der Waals surface area contributed by atoms with Crippen molar-refractivity contribution in [3.8, 4) is 23.0 Å². The maximum Gasteiger partial charge on any atom is 0.180 e. The fourth-order valence-electron chi connectivity index (χ4n) is 2.75. The first-order chi connectivity index (χ1) is 15.2. The van der Waals surface area contributed by atoms with Crippen LogP contribution in [0.1, 0.15) is 52.7 Å².